The molecule has 0 radical (unpaired) electrons. The van der Waals surface area contributed by atoms with Crippen molar-refractivity contribution in [1.29, 1.82) is 0 Å². The molecule has 0 bridgehead atoms. The van der Waals surface area contributed by atoms with Crippen LogP contribution in [-0.4, -0.2) is 24.7 Å². The summed E-state index contributed by atoms with van der Waals surface area (Å²) in [5, 5.41) is 7.43. The van der Waals surface area contributed by atoms with Crippen LogP contribution in [0.5, 0.6) is 0 Å². The van der Waals surface area contributed by atoms with Crippen molar-refractivity contribution in [3.05, 3.63) is 75.3 Å². The molecular weight excluding hydrogens is 365 g/mol. The van der Waals surface area contributed by atoms with Gasteiger partial charge in [0, 0.05) is 17.7 Å². The molecule has 6 heteroatoms. The van der Waals surface area contributed by atoms with E-state index in [2.05, 4.69) is 0 Å². The van der Waals surface area contributed by atoms with Crippen molar-refractivity contribution < 1.29 is 23.1 Å². The SMILES string of the molecule is CO.Cc1cc(C(/C=C/c2ccc(C=O)c(C)c2)C(F)(F)F)ccc1Cl. The number of aldehydes is 1. The lowest BCUT2D eigenvalue weighted by Gasteiger charge is -2.18. The van der Waals surface area contributed by atoms with Crippen molar-refractivity contribution in [2.75, 3.05) is 7.11 Å². The highest BCUT2D eigenvalue weighted by Crippen LogP contribution is 2.37. The van der Waals surface area contributed by atoms with E-state index in [0.29, 0.717) is 21.7 Å². The lowest BCUT2D eigenvalue weighted by atomic mass is 9.95. The predicted octanol–water partition coefficient (Wildman–Crippen LogP) is 5.74. The van der Waals surface area contributed by atoms with Gasteiger partial charge in [-0.2, -0.15) is 13.2 Å². The third-order valence-corrected chi connectivity index (χ3v) is 4.22. The number of benzene rings is 2. The highest BCUT2D eigenvalue weighted by molar-refractivity contribution is 6.31. The van der Waals surface area contributed by atoms with E-state index in [-0.39, 0.29) is 5.56 Å². The zero-order chi connectivity index (χ0) is 19.9. The summed E-state index contributed by atoms with van der Waals surface area (Å²) in [6, 6.07) is 9.21. The maximum absolute atomic E-state index is 13.4. The summed E-state index contributed by atoms with van der Waals surface area (Å²) in [7, 11) is 1.00. The van der Waals surface area contributed by atoms with E-state index in [0.717, 1.165) is 25.0 Å². The van der Waals surface area contributed by atoms with Crippen molar-refractivity contribution in [2.24, 2.45) is 0 Å². The van der Waals surface area contributed by atoms with Crippen LogP contribution in [-0.2, 0) is 0 Å². The number of carbonyl (C=O) groups is 1. The summed E-state index contributed by atoms with van der Waals surface area (Å²) in [4.78, 5) is 10.8. The lowest BCUT2D eigenvalue weighted by Crippen LogP contribution is -2.19. The average Bonchev–Trinajstić information content (AvgIpc) is 2.59. The van der Waals surface area contributed by atoms with E-state index < -0.39 is 12.1 Å². The second-order valence-electron chi connectivity index (χ2n) is 5.62. The van der Waals surface area contributed by atoms with E-state index in [4.69, 9.17) is 16.7 Å². The van der Waals surface area contributed by atoms with E-state index in [1.165, 1.54) is 24.3 Å². The minimum Gasteiger partial charge on any atom is -0.400 e. The normalized spacial score (nSPS) is 12.5. The molecular formula is C20H20ClF3O2. The molecule has 2 rings (SSSR count). The van der Waals surface area contributed by atoms with Crippen molar-refractivity contribution in [1.82, 2.24) is 0 Å². The maximum Gasteiger partial charge on any atom is 0.399 e. The summed E-state index contributed by atoms with van der Waals surface area (Å²) in [6.45, 7) is 3.41. The second-order valence-corrected chi connectivity index (χ2v) is 6.03. The Bertz CT molecular complexity index is 783. The molecule has 2 nitrogen and oxygen atoms in total. The van der Waals surface area contributed by atoms with Crippen LogP contribution in [0.4, 0.5) is 13.2 Å². The van der Waals surface area contributed by atoms with E-state index in [9.17, 15) is 18.0 Å². The number of carbonyl (C=O) groups excluding carboxylic acids is 1. The summed E-state index contributed by atoms with van der Waals surface area (Å²) in [5.41, 5.74) is 2.59. The van der Waals surface area contributed by atoms with Crippen molar-refractivity contribution in [3.8, 4) is 0 Å². The molecule has 1 unspecified atom stereocenters. The molecule has 0 saturated carbocycles. The van der Waals surface area contributed by atoms with Gasteiger partial charge in [0.2, 0.25) is 0 Å². The van der Waals surface area contributed by atoms with Crippen molar-refractivity contribution in [2.45, 2.75) is 25.9 Å². The number of alkyl halides is 3. The second kappa shape index (κ2) is 9.55. The van der Waals surface area contributed by atoms with E-state index in [1.54, 1.807) is 32.0 Å². The molecule has 0 heterocycles. The maximum atomic E-state index is 13.4. The molecule has 0 amide bonds. The number of halogens is 4. The molecule has 0 aliphatic rings. The molecule has 0 fully saturated rings. The van der Waals surface area contributed by atoms with Gasteiger partial charge < -0.3 is 5.11 Å². The van der Waals surface area contributed by atoms with Crippen LogP contribution in [0.1, 0.15) is 38.5 Å². The molecule has 0 aliphatic heterocycles. The Morgan fingerprint density at radius 1 is 1.04 bits per heavy atom. The molecule has 2 aromatic rings. The van der Waals surface area contributed by atoms with Crippen LogP contribution < -0.4 is 0 Å². The predicted molar refractivity (Wildman–Crippen MR) is 98.7 cm³/mol. The van der Waals surface area contributed by atoms with E-state index in [1.807, 2.05) is 0 Å². The van der Waals surface area contributed by atoms with Gasteiger partial charge in [0.1, 0.15) is 6.29 Å². The third kappa shape index (κ3) is 5.71. The minimum atomic E-state index is -4.41. The minimum absolute atomic E-state index is 0.141. The van der Waals surface area contributed by atoms with Gasteiger partial charge in [-0.15, -0.1) is 0 Å². The van der Waals surface area contributed by atoms with Crippen LogP contribution >= 0.6 is 11.6 Å². The summed E-state index contributed by atoms with van der Waals surface area (Å²) in [6.07, 6.45) is -1.14. The van der Waals surface area contributed by atoms with Crippen molar-refractivity contribution >= 4 is 24.0 Å². The van der Waals surface area contributed by atoms with Gasteiger partial charge in [-0.05, 0) is 42.2 Å². The monoisotopic (exact) mass is 384 g/mol. The molecule has 2 aromatic carbocycles. The molecule has 1 N–H and O–H groups in total. The molecule has 0 spiro atoms. The topological polar surface area (TPSA) is 37.3 Å². The zero-order valence-electron chi connectivity index (χ0n) is 14.6. The van der Waals surface area contributed by atoms with E-state index >= 15 is 0 Å². The fourth-order valence-corrected chi connectivity index (χ4v) is 2.53. The Kier molecular flexibility index (Phi) is 8.06. The van der Waals surface area contributed by atoms with Crippen LogP contribution in [0.15, 0.2) is 42.5 Å². The van der Waals surface area contributed by atoms with Gasteiger partial charge in [-0.25, -0.2) is 0 Å². The summed E-state index contributed by atoms with van der Waals surface area (Å²) < 4.78 is 40.2. The molecule has 26 heavy (non-hydrogen) atoms. The number of hydrogen-bond donors (Lipinski definition) is 1. The largest absolute Gasteiger partial charge is 0.400 e. The first-order valence-electron chi connectivity index (χ1n) is 7.74. The fraction of sp³-hybridized carbons (Fsp3) is 0.250. The Labute approximate surface area is 155 Å². The quantitative estimate of drug-likeness (QED) is 0.683. The number of aliphatic hydroxyl groups excluding tert-OH is 1. The van der Waals surface area contributed by atoms with Gasteiger partial charge in [0.05, 0.1) is 5.92 Å². The number of hydrogen-bond acceptors (Lipinski definition) is 2. The smallest absolute Gasteiger partial charge is 0.399 e. The number of rotatable bonds is 4. The first-order valence-corrected chi connectivity index (χ1v) is 8.11. The van der Waals surface area contributed by atoms with Crippen LogP contribution in [0.25, 0.3) is 6.08 Å². The molecule has 0 saturated heterocycles. The highest BCUT2D eigenvalue weighted by atomic mass is 35.5. The Hall–Kier alpha value is -2.11. The molecule has 0 aromatic heterocycles. The first kappa shape index (κ1) is 21.9. The average molecular weight is 385 g/mol. The Morgan fingerprint density at radius 2 is 1.69 bits per heavy atom. The molecule has 140 valence electrons. The highest BCUT2D eigenvalue weighted by Gasteiger charge is 2.38. The van der Waals surface area contributed by atoms with Crippen molar-refractivity contribution in [3.63, 3.8) is 0 Å². The molecule has 1 atom stereocenters. The molecule has 0 aliphatic carbocycles. The Morgan fingerprint density at radius 3 is 2.19 bits per heavy atom. The number of allylic oxidation sites excluding steroid dienone is 1. The van der Waals surface area contributed by atoms with Crippen LogP contribution in [0.2, 0.25) is 5.02 Å². The lowest BCUT2D eigenvalue weighted by molar-refractivity contribution is -0.139. The van der Waals surface area contributed by atoms with Gasteiger partial charge in [-0.3, -0.25) is 4.79 Å². The fourth-order valence-electron chi connectivity index (χ4n) is 2.41. The van der Waals surface area contributed by atoms with Crippen LogP contribution in [0.3, 0.4) is 0 Å². The van der Waals surface area contributed by atoms with Gasteiger partial charge in [-0.1, -0.05) is 54.1 Å². The van der Waals surface area contributed by atoms with Gasteiger partial charge in [0.25, 0.3) is 0 Å². The third-order valence-electron chi connectivity index (χ3n) is 3.80. The first-order chi connectivity index (χ1) is 12.2. The zero-order valence-corrected chi connectivity index (χ0v) is 15.4. The standard InChI is InChI=1S/C19H16ClF3O.CH4O/c1-12-9-14(3-5-16(12)11-24)4-7-17(19(21,22)23)15-6-8-18(20)13(2)10-15;1-2/h3-11,17H,1-2H3;2H,1H3/b7-4+;. The van der Waals surface area contributed by atoms with Gasteiger partial charge >= 0.3 is 6.18 Å². The Balaban J connectivity index is 0.00000163. The number of aliphatic hydroxyl groups is 1. The summed E-state index contributed by atoms with van der Waals surface area (Å²) in [5.74, 6) is -1.72. The van der Waals surface area contributed by atoms with Gasteiger partial charge in [0.15, 0.2) is 0 Å². The number of aryl methyl sites for hydroxylation is 2. The summed E-state index contributed by atoms with van der Waals surface area (Å²) >= 11 is 5.89. The van der Waals surface area contributed by atoms with Crippen LogP contribution in [0, 0.1) is 13.8 Å².